The second kappa shape index (κ2) is 5.96. The summed E-state index contributed by atoms with van der Waals surface area (Å²) in [6, 6.07) is 7.92. The Morgan fingerprint density at radius 1 is 1.15 bits per heavy atom. The highest BCUT2D eigenvalue weighted by molar-refractivity contribution is 5.78. The van der Waals surface area contributed by atoms with Gasteiger partial charge in [-0.05, 0) is 37.1 Å². The fourth-order valence-electron chi connectivity index (χ4n) is 2.04. The number of nitrogens with zero attached hydrogens (tertiary/aromatic N) is 1. The van der Waals surface area contributed by atoms with E-state index in [1.165, 1.54) is 12.8 Å². The maximum absolute atomic E-state index is 12.3. The molecule has 0 saturated heterocycles. The molecular weight excluding hydrogens is 256 g/mol. The van der Waals surface area contributed by atoms with E-state index in [0.29, 0.717) is 25.7 Å². The molecule has 0 bridgehead atoms. The number of nitrogens with one attached hydrogen (secondary N) is 1. The number of carbonyl (C=O) groups excluding carboxylic acids is 1. The minimum Gasteiger partial charge on any atom is -0.467 e. The Kier molecular flexibility index (Phi) is 3.87. The van der Waals surface area contributed by atoms with Crippen molar-refractivity contribution >= 4 is 5.91 Å². The lowest BCUT2D eigenvalue weighted by Gasteiger charge is -2.20. The van der Waals surface area contributed by atoms with Crippen LogP contribution in [0.1, 0.15) is 24.4 Å². The van der Waals surface area contributed by atoms with Gasteiger partial charge in [-0.15, -0.1) is 0 Å². The van der Waals surface area contributed by atoms with E-state index in [2.05, 4.69) is 5.32 Å². The van der Waals surface area contributed by atoms with Crippen LogP contribution < -0.4 is 5.32 Å². The quantitative estimate of drug-likeness (QED) is 0.840. The van der Waals surface area contributed by atoms with Crippen LogP contribution in [0.5, 0.6) is 0 Å². The Labute approximate surface area is 117 Å². The van der Waals surface area contributed by atoms with E-state index in [9.17, 15) is 4.79 Å². The van der Waals surface area contributed by atoms with E-state index in [0.717, 1.165) is 11.5 Å². The molecule has 2 heterocycles. The van der Waals surface area contributed by atoms with Crippen molar-refractivity contribution in [2.45, 2.75) is 32.0 Å². The molecular formula is C15H18N2O3. The number of hydrogen-bond donors (Lipinski definition) is 1. The molecule has 5 heteroatoms. The summed E-state index contributed by atoms with van der Waals surface area (Å²) >= 11 is 0. The number of furan rings is 2. The average Bonchev–Trinajstić information content (AvgIpc) is 2.91. The first kappa shape index (κ1) is 13.0. The second-order valence-electron chi connectivity index (χ2n) is 5.06. The maximum Gasteiger partial charge on any atom is 0.237 e. The van der Waals surface area contributed by atoms with E-state index in [4.69, 9.17) is 8.83 Å². The first-order valence-corrected chi connectivity index (χ1v) is 6.87. The molecule has 1 aliphatic carbocycles. The van der Waals surface area contributed by atoms with Crippen LogP contribution in [0.15, 0.2) is 45.6 Å². The van der Waals surface area contributed by atoms with Gasteiger partial charge in [0.1, 0.15) is 11.5 Å². The van der Waals surface area contributed by atoms with Crippen LogP contribution in [0, 0.1) is 0 Å². The van der Waals surface area contributed by atoms with E-state index < -0.39 is 0 Å². The van der Waals surface area contributed by atoms with Crippen molar-refractivity contribution in [2.75, 3.05) is 6.54 Å². The molecule has 0 atom stereocenters. The van der Waals surface area contributed by atoms with Crippen LogP contribution in [0.3, 0.4) is 0 Å². The molecule has 0 aliphatic heterocycles. The Morgan fingerprint density at radius 3 is 2.20 bits per heavy atom. The summed E-state index contributed by atoms with van der Waals surface area (Å²) in [5, 5.41) is 3.24. The summed E-state index contributed by atoms with van der Waals surface area (Å²) in [4.78, 5) is 14.1. The van der Waals surface area contributed by atoms with E-state index in [-0.39, 0.29) is 5.91 Å². The maximum atomic E-state index is 12.3. The van der Waals surface area contributed by atoms with Crippen LogP contribution >= 0.6 is 0 Å². The summed E-state index contributed by atoms with van der Waals surface area (Å²) in [5.74, 6) is 1.61. The molecule has 0 spiro atoms. The van der Waals surface area contributed by atoms with Crippen molar-refractivity contribution in [3.8, 4) is 0 Å². The summed E-state index contributed by atoms with van der Waals surface area (Å²) in [6.07, 6.45) is 5.58. The molecule has 3 rings (SSSR count). The van der Waals surface area contributed by atoms with Gasteiger partial charge in [0.25, 0.3) is 0 Å². The van der Waals surface area contributed by atoms with Gasteiger partial charge in [0.2, 0.25) is 5.91 Å². The lowest BCUT2D eigenvalue weighted by atomic mass is 10.3. The van der Waals surface area contributed by atoms with E-state index in [1.807, 2.05) is 24.3 Å². The van der Waals surface area contributed by atoms with Crippen molar-refractivity contribution < 1.29 is 13.6 Å². The minimum atomic E-state index is 0.0599. The summed E-state index contributed by atoms with van der Waals surface area (Å²) in [6.45, 7) is 1.28. The largest absolute Gasteiger partial charge is 0.467 e. The molecule has 0 aromatic carbocycles. The molecule has 2 aromatic heterocycles. The molecule has 20 heavy (non-hydrogen) atoms. The average molecular weight is 274 g/mol. The number of hydrogen-bond acceptors (Lipinski definition) is 4. The van der Waals surface area contributed by atoms with Gasteiger partial charge in [0.05, 0.1) is 32.2 Å². The van der Waals surface area contributed by atoms with Crippen LogP contribution in [0.2, 0.25) is 0 Å². The summed E-state index contributed by atoms with van der Waals surface area (Å²) in [7, 11) is 0. The van der Waals surface area contributed by atoms with Gasteiger partial charge in [0, 0.05) is 6.04 Å². The van der Waals surface area contributed by atoms with Crippen molar-refractivity contribution in [1.29, 1.82) is 0 Å². The van der Waals surface area contributed by atoms with Crippen molar-refractivity contribution in [1.82, 2.24) is 10.2 Å². The van der Waals surface area contributed by atoms with E-state index in [1.54, 1.807) is 17.4 Å². The lowest BCUT2D eigenvalue weighted by molar-refractivity contribution is -0.132. The minimum absolute atomic E-state index is 0.0599. The fourth-order valence-corrected chi connectivity index (χ4v) is 2.04. The van der Waals surface area contributed by atoms with Crippen LogP contribution in [0.25, 0.3) is 0 Å². The Balaban J connectivity index is 1.62. The smallest absolute Gasteiger partial charge is 0.237 e. The third-order valence-corrected chi connectivity index (χ3v) is 3.33. The Morgan fingerprint density at radius 2 is 1.75 bits per heavy atom. The molecule has 0 radical (unpaired) electrons. The van der Waals surface area contributed by atoms with Crippen molar-refractivity contribution in [3.63, 3.8) is 0 Å². The first-order chi connectivity index (χ1) is 9.81. The van der Waals surface area contributed by atoms with Crippen molar-refractivity contribution in [3.05, 3.63) is 48.3 Å². The zero-order valence-corrected chi connectivity index (χ0v) is 11.2. The molecule has 1 amide bonds. The lowest BCUT2D eigenvalue weighted by Crippen LogP contribution is -2.38. The van der Waals surface area contributed by atoms with Gasteiger partial charge in [-0.1, -0.05) is 0 Å². The van der Waals surface area contributed by atoms with Crippen LogP contribution in [-0.4, -0.2) is 23.4 Å². The van der Waals surface area contributed by atoms with Crippen LogP contribution in [-0.2, 0) is 17.9 Å². The topological polar surface area (TPSA) is 58.6 Å². The normalized spacial score (nSPS) is 14.4. The van der Waals surface area contributed by atoms with Gasteiger partial charge in [0.15, 0.2) is 0 Å². The highest BCUT2D eigenvalue weighted by atomic mass is 16.3. The predicted molar refractivity (Wildman–Crippen MR) is 72.7 cm³/mol. The second-order valence-corrected chi connectivity index (χ2v) is 5.06. The first-order valence-electron chi connectivity index (χ1n) is 6.87. The monoisotopic (exact) mass is 274 g/mol. The zero-order chi connectivity index (χ0) is 13.8. The molecule has 1 N–H and O–H groups in total. The predicted octanol–water partition coefficient (Wildman–Crippen LogP) is 2.15. The number of amides is 1. The molecule has 1 fully saturated rings. The summed E-state index contributed by atoms with van der Waals surface area (Å²) < 4.78 is 10.7. The van der Waals surface area contributed by atoms with Gasteiger partial charge in [-0.3, -0.25) is 4.79 Å². The van der Waals surface area contributed by atoms with Crippen molar-refractivity contribution in [2.24, 2.45) is 0 Å². The Bertz CT molecular complexity index is 493. The number of carbonyl (C=O) groups is 1. The Hall–Kier alpha value is -2.01. The van der Waals surface area contributed by atoms with Gasteiger partial charge >= 0.3 is 0 Å². The zero-order valence-electron chi connectivity index (χ0n) is 11.2. The van der Waals surface area contributed by atoms with Gasteiger partial charge < -0.3 is 19.1 Å². The van der Waals surface area contributed by atoms with Gasteiger partial charge in [-0.2, -0.15) is 0 Å². The molecule has 106 valence electrons. The third-order valence-electron chi connectivity index (χ3n) is 3.33. The van der Waals surface area contributed by atoms with Gasteiger partial charge in [-0.25, -0.2) is 0 Å². The molecule has 0 unspecified atom stereocenters. The fraction of sp³-hybridized carbons (Fsp3) is 0.400. The molecule has 2 aromatic rings. The third kappa shape index (κ3) is 3.51. The molecule has 5 nitrogen and oxygen atoms in total. The highest BCUT2D eigenvalue weighted by Gasteiger charge is 2.23. The number of rotatable bonds is 7. The molecule has 1 aliphatic rings. The van der Waals surface area contributed by atoms with E-state index >= 15 is 0 Å². The molecule has 1 saturated carbocycles. The summed E-state index contributed by atoms with van der Waals surface area (Å²) in [5.41, 5.74) is 0. The SMILES string of the molecule is O=C(CNC1CC1)N(Cc1ccco1)Cc1ccco1. The van der Waals surface area contributed by atoms with Crippen LogP contribution in [0.4, 0.5) is 0 Å². The highest BCUT2D eigenvalue weighted by Crippen LogP contribution is 2.18. The standard InChI is InChI=1S/C15H18N2O3/c18-15(9-16-12-5-6-12)17(10-13-3-1-7-19-13)11-14-4-2-8-20-14/h1-4,7-8,12,16H,5-6,9-11H2.